The molecule has 0 aliphatic heterocycles. The van der Waals surface area contributed by atoms with E-state index in [4.69, 9.17) is 4.74 Å². The Labute approximate surface area is 112 Å². The largest absolute Gasteiger partial charge is 0.431 e. The smallest absolute Gasteiger partial charge is 0.409 e. The van der Waals surface area contributed by atoms with Gasteiger partial charge in [0.1, 0.15) is 5.75 Å². The molecular formula is C15H16N2O2. The molecule has 0 unspecified atom stereocenters. The third-order valence-electron chi connectivity index (χ3n) is 2.65. The number of rotatable bonds is 3. The summed E-state index contributed by atoms with van der Waals surface area (Å²) in [6, 6.07) is 14.9. The van der Waals surface area contributed by atoms with Crippen LogP contribution in [0.2, 0.25) is 0 Å². The second-order valence-corrected chi connectivity index (χ2v) is 4.27. The molecule has 2 aromatic carbocycles. The Hall–Kier alpha value is -2.49. The maximum absolute atomic E-state index is 11.6. The lowest BCUT2D eigenvalue weighted by molar-refractivity contribution is 0.203. The molecule has 0 radical (unpaired) electrons. The van der Waals surface area contributed by atoms with E-state index in [-0.39, 0.29) is 0 Å². The summed E-state index contributed by atoms with van der Waals surface area (Å²) >= 11 is 0. The topological polar surface area (TPSA) is 50.4 Å². The fourth-order valence-electron chi connectivity index (χ4n) is 1.61. The standard InChI is InChI=1S/C15H16N2O2/c1-11-8-9-12(2)14(10-11)16-17-15(18)19-13-6-4-3-5-7-13/h3-10,16H,1-2H3,(H,17,18). The van der Waals surface area contributed by atoms with Gasteiger partial charge in [0.15, 0.2) is 0 Å². The number of nitrogens with one attached hydrogen (secondary N) is 2. The van der Waals surface area contributed by atoms with Crippen LogP contribution in [0.1, 0.15) is 11.1 Å². The number of benzene rings is 2. The van der Waals surface area contributed by atoms with Crippen LogP contribution in [0.15, 0.2) is 48.5 Å². The molecule has 0 aromatic heterocycles. The van der Waals surface area contributed by atoms with E-state index in [9.17, 15) is 4.79 Å². The maximum Gasteiger partial charge on any atom is 0.431 e. The molecule has 0 aliphatic carbocycles. The van der Waals surface area contributed by atoms with Crippen LogP contribution in [0.4, 0.5) is 10.5 Å². The molecule has 1 amide bonds. The highest BCUT2D eigenvalue weighted by Gasteiger charge is 2.04. The first-order valence-corrected chi connectivity index (χ1v) is 6.01. The van der Waals surface area contributed by atoms with Gasteiger partial charge < -0.3 is 4.74 Å². The minimum Gasteiger partial charge on any atom is -0.409 e. The van der Waals surface area contributed by atoms with Crippen LogP contribution in [0, 0.1) is 13.8 Å². The number of hydrazine groups is 1. The van der Waals surface area contributed by atoms with Crippen LogP contribution in [-0.4, -0.2) is 6.09 Å². The van der Waals surface area contributed by atoms with E-state index in [1.807, 2.05) is 38.1 Å². The Balaban J connectivity index is 1.92. The van der Waals surface area contributed by atoms with E-state index in [1.54, 1.807) is 24.3 Å². The summed E-state index contributed by atoms with van der Waals surface area (Å²) in [6.07, 6.45) is -0.549. The van der Waals surface area contributed by atoms with Gasteiger partial charge in [-0.25, -0.2) is 10.2 Å². The van der Waals surface area contributed by atoms with E-state index >= 15 is 0 Å². The molecule has 0 saturated heterocycles. The molecule has 0 spiro atoms. The molecule has 0 fully saturated rings. The lowest BCUT2D eigenvalue weighted by atomic mass is 10.1. The molecule has 0 saturated carbocycles. The molecule has 2 rings (SSSR count). The van der Waals surface area contributed by atoms with E-state index in [2.05, 4.69) is 10.9 Å². The van der Waals surface area contributed by atoms with Crippen LogP contribution in [0.3, 0.4) is 0 Å². The zero-order valence-electron chi connectivity index (χ0n) is 10.9. The number of carbonyl (C=O) groups is 1. The van der Waals surface area contributed by atoms with Crippen molar-refractivity contribution in [3.8, 4) is 5.75 Å². The number of anilines is 1. The highest BCUT2D eigenvalue weighted by Crippen LogP contribution is 2.15. The van der Waals surface area contributed by atoms with Gasteiger partial charge in [-0.1, -0.05) is 30.3 Å². The summed E-state index contributed by atoms with van der Waals surface area (Å²) < 4.78 is 5.09. The number of hydrogen-bond acceptors (Lipinski definition) is 3. The molecule has 0 heterocycles. The van der Waals surface area contributed by atoms with Crippen molar-refractivity contribution >= 4 is 11.8 Å². The summed E-state index contributed by atoms with van der Waals surface area (Å²) in [5.74, 6) is 0.503. The summed E-state index contributed by atoms with van der Waals surface area (Å²) in [5, 5.41) is 0. The lowest BCUT2D eigenvalue weighted by Gasteiger charge is -2.11. The molecule has 4 nitrogen and oxygen atoms in total. The van der Waals surface area contributed by atoms with Crippen molar-refractivity contribution in [3.05, 3.63) is 59.7 Å². The lowest BCUT2D eigenvalue weighted by Crippen LogP contribution is -2.32. The molecule has 4 heteroatoms. The number of para-hydroxylation sites is 1. The Morgan fingerprint density at radius 3 is 2.53 bits per heavy atom. The number of aryl methyl sites for hydroxylation is 2. The third kappa shape index (κ3) is 3.74. The average Bonchev–Trinajstić information content (AvgIpc) is 2.41. The van der Waals surface area contributed by atoms with Crippen LogP contribution < -0.4 is 15.6 Å². The second kappa shape index (κ2) is 5.91. The molecule has 98 valence electrons. The Morgan fingerprint density at radius 2 is 1.79 bits per heavy atom. The number of carbonyl (C=O) groups excluding carboxylic acids is 1. The van der Waals surface area contributed by atoms with Gasteiger partial charge in [0, 0.05) is 0 Å². The highest BCUT2D eigenvalue weighted by molar-refractivity contribution is 5.72. The van der Waals surface area contributed by atoms with Crippen molar-refractivity contribution < 1.29 is 9.53 Å². The summed E-state index contributed by atoms with van der Waals surface area (Å²) in [6.45, 7) is 3.96. The fourth-order valence-corrected chi connectivity index (χ4v) is 1.61. The normalized spacial score (nSPS) is 9.79. The summed E-state index contributed by atoms with van der Waals surface area (Å²) in [7, 11) is 0. The zero-order chi connectivity index (χ0) is 13.7. The fraction of sp³-hybridized carbons (Fsp3) is 0.133. The van der Waals surface area contributed by atoms with Gasteiger partial charge in [0.25, 0.3) is 0 Å². The SMILES string of the molecule is Cc1ccc(C)c(NNC(=O)Oc2ccccc2)c1. The van der Waals surface area contributed by atoms with Crippen molar-refractivity contribution in [2.24, 2.45) is 0 Å². The van der Waals surface area contributed by atoms with Gasteiger partial charge in [-0.2, -0.15) is 0 Å². The van der Waals surface area contributed by atoms with Crippen LogP contribution in [-0.2, 0) is 0 Å². The minimum atomic E-state index is -0.549. The summed E-state index contributed by atoms with van der Waals surface area (Å²) in [5.41, 5.74) is 8.37. The zero-order valence-corrected chi connectivity index (χ0v) is 10.9. The van der Waals surface area contributed by atoms with Crippen molar-refractivity contribution in [1.29, 1.82) is 0 Å². The second-order valence-electron chi connectivity index (χ2n) is 4.27. The number of amides is 1. The van der Waals surface area contributed by atoms with Crippen molar-refractivity contribution in [2.75, 3.05) is 5.43 Å². The molecule has 0 aliphatic rings. The quantitative estimate of drug-likeness (QED) is 0.827. The van der Waals surface area contributed by atoms with E-state index in [0.717, 1.165) is 16.8 Å². The molecule has 0 atom stereocenters. The Bertz CT molecular complexity index is 568. The van der Waals surface area contributed by atoms with Crippen LogP contribution >= 0.6 is 0 Å². The summed E-state index contributed by atoms with van der Waals surface area (Å²) in [4.78, 5) is 11.6. The monoisotopic (exact) mass is 256 g/mol. The van der Waals surface area contributed by atoms with Gasteiger partial charge in [0.05, 0.1) is 5.69 Å². The molecule has 2 N–H and O–H groups in total. The third-order valence-corrected chi connectivity index (χ3v) is 2.65. The number of ether oxygens (including phenoxy) is 1. The highest BCUT2D eigenvalue weighted by atomic mass is 16.6. The maximum atomic E-state index is 11.6. The first-order valence-electron chi connectivity index (χ1n) is 6.01. The molecule has 0 bridgehead atoms. The molecule has 19 heavy (non-hydrogen) atoms. The van der Waals surface area contributed by atoms with E-state index in [0.29, 0.717) is 5.75 Å². The van der Waals surface area contributed by atoms with Gasteiger partial charge in [-0.3, -0.25) is 5.43 Å². The van der Waals surface area contributed by atoms with Crippen LogP contribution in [0.5, 0.6) is 5.75 Å². The Kier molecular flexibility index (Phi) is 4.03. The van der Waals surface area contributed by atoms with E-state index < -0.39 is 6.09 Å². The minimum absolute atomic E-state index is 0.503. The van der Waals surface area contributed by atoms with Gasteiger partial charge in [0.2, 0.25) is 0 Å². The van der Waals surface area contributed by atoms with Crippen molar-refractivity contribution in [1.82, 2.24) is 5.43 Å². The van der Waals surface area contributed by atoms with Gasteiger partial charge in [-0.15, -0.1) is 0 Å². The Morgan fingerprint density at radius 1 is 1.05 bits per heavy atom. The molecular weight excluding hydrogens is 240 g/mol. The van der Waals surface area contributed by atoms with E-state index in [1.165, 1.54) is 0 Å². The molecule has 2 aromatic rings. The predicted molar refractivity (Wildman–Crippen MR) is 75.1 cm³/mol. The van der Waals surface area contributed by atoms with Gasteiger partial charge in [-0.05, 0) is 43.2 Å². The predicted octanol–water partition coefficient (Wildman–Crippen LogP) is 3.42. The van der Waals surface area contributed by atoms with Crippen molar-refractivity contribution in [2.45, 2.75) is 13.8 Å². The first kappa shape index (κ1) is 13.0. The average molecular weight is 256 g/mol. The van der Waals surface area contributed by atoms with Crippen LogP contribution in [0.25, 0.3) is 0 Å². The number of hydrogen-bond donors (Lipinski definition) is 2. The van der Waals surface area contributed by atoms with Gasteiger partial charge >= 0.3 is 6.09 Å². The first-order chi connectivity index (χ1) is 9.15. The van der Waals surface area contributed by atoms with Crippen molar-refractivity contribution in [3.63, 3.8) is 0 Å².